The van der Waals surface area contributed by atoms with Gasteiger partial charge < -0.3 is 9.47 Å². The molecule has 0 radical (unpaired) electrons. The molecule has 1 aromatic rings. The fourth-order valence-corrected chi connectivity index (χ4v) is 1.52. The maximum atomic E-state index is 11.9. The molecule has 1 rings (SSSR count). The molecule has 1 atom stereocenters. The van der Waals surface area contributed by atoms with E-state index in [1.165, 1.54) is 24.3 Å². The van der Waals surface area contributed by atoms with E-state index in [0.29, 0.717) is 5.56 Å². The second-order valence-electron chi connectivity index (χ2n) is 4.21. The van der Waals surface area contributed by atoms with Gasteiger partial charge in [-0.2, -0.15) is 0 Å². The molecule has 0 N–H and O–H groups in total. The number of benzene rings is 1. The minimum absolute atomic E-state index is 0.122. The van der Waals surface area contributed by atoms with E-state index in [4.69, 9.17) is 9.47 Å². The van der Waals surface area contributed by atoms with Gasteiger partial charge in [-0.05, 0) is 24.3 Å². The molecule has 0 aliphatic heterocycles. The van der Waals surface area contributed by atoms with Crippen molar-refractivity contribution in [3.63, 3.8) is 0 Å². The molecular formula is C18H18O4. The van der Waals surface area contributed by atoms with E-state index in [-0.39, 0.29) is 12.2 Å². The van der Waals surface area contributed by atoms with Crippen LogP contribution in [0.2, 0.25) is 0 Å². The number of carbonyl (C=O) groups excluding carboxylic acids is 2. The van der Waals surface area contributed by atoms with Crippen molar-refractivity contribution in [1.82, 2.24) is 0 Å². The van der Waals surface area contributed by atoms with Crippen molar-refractivity contribution in [2.75, 3.05) is 6.61 Å². The predicted octanol–water partition coefficient (Wildman–Crippen LogP) is 3.24. The first kappa shape index (κ1) is 17.2. The first-order valence-electron chi connectivity index (χ1n) is 6.63. The monoisotopic (exact) mass is 298 g/mol. The summed E-state index contributed by atoms with van der Waals surface area (Å²) in [4.78, 5) is 23.7. The van der Waals surface area contributed by atoms with Crippen LogP contribution in [-0.2, 0) is 14.3 Å². The number of rotatable bonds is 8. The summed E-state index contributed by atoms with van der Waals surface area (Å²) in [5.41, 5.74) is 0.686. The topological polar surface area (TPSA) is 52.6 Å². The molecule has 0 aliphatic carbocycles. The van der Waals surface area contributed by atoms with Crippen molar-refractivity contribution < 1.29 is 19.1 Å². The summed E-state index contributed by atoms with van der Waals surface area (Å²) in [5, 5.41) is 0. The van der Waals surface area contributed by atoms with E-state index in [2.05, 4.69) is 19.7 Å². The molecule has 0 fully saturated rings. The zero-order chi connectivity index (χ0) is 16.4. The van der Waals surface area contributed by atoms with Gasteiger partial charge in [0.2, 0.25) is 0 Å². The maximum Gasteiger partial charge on any atom is 0.338 e. The Balaban J connectivity index is 2.59. The lowest BCUT2D eigenvalue weighted by molar-refractivity contribution is -0.140. The maximum absolute atomic E-state index is 11.9. The first-order chi connectivity index (χ1) is 10.6. The number of esters is 2. The van der Waals surface area contributed by atoms with E-state index in [1.807, 2.05) is 0 Å². The van der Waals surface area contributed by atoms with Crippen molar-refractivity contribution in [2.24, 2.45) is 0 Å². The summed E-state index contributed by atoms with van der Waals surface area (Å²) in [6, 6.07) is 8.53. The smallest absolute Gasteiger partial charge is 0.338 e. The third-order valence-electron chi connectivity index (χ3n) is 2.66. The highest BCUT2D eigenvalue weighted by Crippen LogP contribution is 2.07. The SMILES string of the molecule is C=C/C=C(\C=C)C(=O)OCC(C=C)OC(=O)c1ccccc1. The van der Waals surface area contributed by atoms with Crippen molar-refractivity contribution >= 4 is 11.9 Å². The molecule has 0 aliphatic rings. The normalized spacial score (nSPS) is 11.9. The van der Waals surface area contributed by atoms with Crippen LogP contribution in [0.25, 0.3) is 0 Å². The van der Waals surface area contributed by atoms with Crippen LogP contribution in [0.15, 0.2) is 79.9 Å². The Hall–Kier alpha value is -2.88. The van der Waals surface area contributed by atoms with Gasteiger partial charge in [0, 0.05) is 0 Å². The van der Waals surface area contributed by atoms with Crippen LogP contribution in [-0.4, -0.2) is 24.6 Å². The summed E-state index contributed by atoms with van der Waals surface area (Å²) < 4.78 is 10.3. The molecule has 4 heteroatoms. The van der Waals surface area contributed by atoms with E-state index < -0.39 is 18.0 Å². The van der Waals surface area contributed by atoms with Crippen LogP contribution in [0.5, 0.6) is 0 Å². The van der Waals surface area contributed by atoms with Crippen LogP contribution in [0, 0.1) is 0 Å². The molecule has 0 bridgehead atoms. The second kappa shape index (κ2) is 9.13. The summed E-state index contributed by atoms with van der Waals surface area (Å²) in [7, 11) is 0. The Morgan fingerprint density at radius 1 is 1.14 bits per heavy atom. The van der Waals surface area contributed by atoms with Gasteiger partial charge in [0.05, 0.1) is 11.1 Å². The van der Waals surface area contributed by atoms with Crippen LogP contribution in [0.4, 0.5) is 0 Å². The highest BCUT2D eigenvalue weighted by Gasteiger charge is 2.16. The van der Waals surface area contributed by atoms with E-state index >= 15 is 0 Å². The Labute approximate surface area is 130 Å². The number of ether oxygens (including phenoxy) is 2. The lowest BCUT2D eigenvalue weighted by Crippen LogP contribution is -2.23. The van der Waals surface area contributed by atoms with Gasteiger partial charge in [0.1, 0.15) is 6.61 Å². The minimum Gasteiger partial charge on any atom is -0.458 e. The van der Waals surface area contributed by atoms with Crippen molar-refractivity contribution in [3.05, 3.63) is 85.5 Å². The van der Waals surface area contributed by atoms with E-state index in [9.17, 15) is 9.59 Å². The van der Waals surface area contributed by atoms with Crippen LogP contribution in [0.1, 0.15) is 10.4 Å². The molecule has 1 unspecified atom stereocenters. The molecule has 0 amide bonds. The van der Waals surface area contributed by atoms with Crippen molar-refractivity contribution in [1.29, 1.82) is 0 Å². The highest BCUT2D eigenvalue weighted by atomic mass is 16.6. The van der Waals surface area contributed by atoms with Crippen LogP contribution < -0.4 is 0 Å². The molecule has 0 aromatic heterocycles. The first-order valence-corrected chi connectivity index (χ1v) is 6.63. The quantitative estimate of drug-likeness (QED) is 0.320. The molecule has 4 nitrogen and oxygen atoms in total. The predicted molar refractivity (Wildman–Crippen MR) is 85.3 cm³/mol. The fraction of sp³-hybridized carbons (Fsp3) is 0.111. The number of allylic oxidation sites excluding steroid dienone is 2. The Morgan fingerprint density at radius 2 is 1.82 bits per heavy atom. The molecule has 0 spiro atoms. The van der Waals surface area contributed by atoms with Gasteiger partial charge in [-0.25, -0.2) is 9.59 Å². The van der Waals surface area contributed by atoms with Gasteiger partial charge in [-0.3, -0.25) is 0 Å². The standard InChI is InChI=1S/C18H18O4/c1-4-10-14(5-2)17(19)21-13-16(6-3)22-18(20)15-11-8-7-9-12-15/h4-12,16H,1-3,13H2/b14-10+. The van der Waals surface area contributed by atoms with E-state index in [1.54, 1.807) is 30.3 Å². The van der Waals surface area contributed by atoms with Crippen LogP contribution in [0.3, 0.4) is 0 Å². The molecule has 114 valence electrons. The fourth-order valence-electron chi connectivity index (χ4n) is 1.52. The molecule has 0 saturated carbocycles. The zero-order valence-electron chi connectivity index (χ0n) is 12.2. The average molecular weight is 298 g/mol. The Bertz CT molecular complexity index is 584. The van der Waals surface area contributed by atoms with Gasteiger partial charge >= 0.3 is 11.9 Å². The Kier molecular flexibility index (Phi) is 7.13. The average Bonchev–Trinajstić information content (AvgIpc) is 2.56. The van der Waals surface area contributed by atoms with Crippen molar-refractivity contribution in [3.8, 4) is 0 Å². The summed E-state index contributed by atoms with van der Waals surface area (Å²) in [6.07, 6.45) is 4.97. The van der Waals surface area contributed by atoms with E-state index in [0.717, 1.165) is 0 Å². The summed E-state index contributed by atoms with van der Waals surface area (Å²) in [5.74, 6) is -1.08. The third kappa shape index (κ3) is 5.25. The number of hydrogen-bond donors (Lipinski definition) is 0. The van der Waals surface area contributed by atoms with Crippen LogP contribution >= 0.6 is 0 Å². The highest BCUT2D eigenvalue weighted by molar-refractivity contribution is 5.92. The molecular weight excluding hydrogens is 280 g/mol. The zero-order valence-corrected chi connectivity index (χ0v) is 12.2. The van der Waals surface area contributed by atoms with Gasteiger partial charge in [0.15, 0.2) is 6.10 Å². The second-order valence-corrected chi connectivity index (χ2v) is 4.21. The summed E-state index contributed by atoms with van der Waals surface area (Å²) >= 11 is 0. The third-order valence-corrected chi connectivity index (χ3v) is 2.66. The largest absolute Gasteiger partial charge is 0.458 e. The lowest BCUT2D eigenvalue weighted by atomic mass is 10.2. The lowest BCUT2D eigenvalue weighted by Gasteiger charge is -2.14. The summed E-state index contributed by atoms with van der Waals surface area (Å²) in [6.45, 7) is 10.5. The minimum atomic E-state index is -0.730. The van der Waals surface area contributed by atoms with Gasteiger partial charge in [0.25, 0.3) is 0 Å². The molecule has 0 saturated heterocycles. The Morgan fingerprint density at radius 3 is 2.36 bits per heavy atom. The van der Waals surface area contributed by atoms with Crippen molar-refractivity contribution in [2.45, 2.75) is 6.10 Å². The number of hydrogen-bond acceptors (Lipinski definition) is 4. The molecule has 0 heterocycles. The van der Waals surface area contributed by atoms with Gasteiger partial charge in [-0.1, -0.05) is 50.1 Å². The molecule has 22 heavy (non-hydrogen) atoms. The number of carbonyl (C=O) groups is 2. The van der Waals surface area contributed by atoms with Gasteiger partial charge in [-0.15, -0.1) is 0 Å². The molecule has 1 aromatic carbocycles.